The van der Waals surface area contributed by atoms with Gasteiger partial charge in [-0.3, -0.25) is 4.79 Å². The van der Waals surface area contributed by atoms with E-state index in [9.17, 15) is 14.7 Å². The first-order valence-corrected chi connectivity index (χ1v) is 6.09. The molecule has 1 aliphatic carbocycles. The van der Waals surface area contributed by atoms with E-state index in [1.807, 2.05) is 0 Å². The summed E-state index contributed by atoms with van der Waals surface area (Å²) in [5, 5.41) is 12.3. The summed E-state index contributed by atoms with van der Waals surface area (Å²) in [7, 11) is 0. The van der Waals surface area contributed by atoms with E-state index in [0.717, 1.165) is 12.8 Å². The molecule has 6 heteroatoms. The first kappa shape index (κ1) is 12.6. The lowest BCUT2D eigenvalue weighted by Gasteiger charge is -2.36. The van der Waals surface area contributed by atoms with E-state index < -0.39 is 17.1 Å². The quantitative estimate of drug-likeness (QED) is 0.750. The zero-order valence-electron chi connectivity index (χ0n) is 10.3. The number of carbonyl (C=O) groups is 1. The second-order valence-electron chi connectivity index (χ2n) is 4.96. The zero-order chi connectivity index (χ0) is 13.2. The number of aromatic nitrogens is 2. The van der Waals surface area contributed by atoms with Crippen LogP contribution in [0.5, 0.6) is 0 Å². The van der Waals surface area contributed by atoms with Crippen molar-refractivity contribution in [3.8, 4) is 0 Å². The van der Waals surface area contributed by atoms with E-state index in [1.54, 1.807) is 0 Å². The Bertz CT molecular complexity index is 489. The summed E-state index contributed by atoms with van der Waals surface area (Å²) >= 11 is 0. The fourth-order valence-electron chi connectivity index (χ4n) is 2.31. The van der Waals surface area contributed by atoms with Gasteiger partial charge >= 0.3 is 5.97 Å². The summed E-state index contributed by atoms with van der Waals surface area (Å²) in [5.74, 6) is -0.310. The highest BCUT2D eigenvalue weighted by molar-refractivity contribution is 5.82. The molecule has 3 N–H and O–H groups in total. The molecule has 18 heavy (non-hydrogen) atoms. The monoisotopic (exact) mass is 251 g/mol. The van der Waals surface area contributed by atoms with Crippen molar-refractivity contribution in [2.24, 2.45) is 5.92 Å². The molecule has 98 valence electrons. The van der Waals surface area contributed by atoms with Crippen molar-refractivity contribution in [2.75, 3.05) is 5.32 Å². The highest BCUT2D eigenvalue weighted by Crippen LogP contribution is 2.34. The Labute approximate surface area is 104 Å². The largest absolute Gasteiger partial charge is 0.480 e. The molecule has 0 aliphatic heterocycles. The van der Waals surface area contributed by atoms with E-state index in [4.69, 9.17) is 0 Å². The second kappa shape index (κ2) is 4.80. The molecule has 1 aromatic rings. The van der Waals surface area contributed by atoms with E-state index in [0.29, 0.717) is 18.8 Å². The summed E-state index contributed by atoms with van der Waals surface area (Å²) in [4.78, 5) is 29.4. The molecule has 6 nitrogen and oxygen atoms in total. The number of nitrogens with zero attached hydrogens (tertiary/aromatic N) is 1. The number of nitrogens with one attached hydrogen (secondary N) is 2. The van der Waals surface area contributed by atoms with Crippen molar-refractivity contribution in [1.82, 2.24) is 9.97 Å². The zero-order valence-corrected chi connectivity index (χ0v) is 10.3. The minimum atomic E-state index is -1.06. The number of carboxylic acids is 1. The van der Waals surface area contributed by atoms with Gasteiger partial charge in [-0.05, 0) is 31.6 Å². The van der Waals surface area contributed by atoms with Crippen molar-refractivity contribution >= 4 is 11.8 Å². The first-order chi connectivity index (χ1) is 8.53. The van der Waals surface area contributed by atoms with Crippen LogP contribution in [0.1, 0.15) is 32.6 Å². The van der Waals surface area contributed by atoms with E-state index in [-0.39, 0.29) is 5.82 Å². The average Bonchev–Trinajstić information content (AvgIpc) is 2.35. The van der Waals surface area contributed by atoms with Gasteiger partial charge in [-0.2, -0.15) is 0 Å². The minimum absolute atomic E-state index is 0.0782. The Balaban J connectivity index is 2.25. The van der Waals surface area contributed by atoms with Gasteiger partial charge in [0.1, 0.15) is 5.54 Å². The summed E-state index contributed by atoms with van der Waals surface area (Å²) in [6.07, 6.45) is 5.56. The van der Waals surface area contributed by atoms with Gasteiger partial charge in [0.25, 0.3) is 5.56 Å². The Hall–Kier alpha value is -1.85. The molecule has 1 heterocycles. The van der Waals surface area contributed by atoms with Gasteiger partial charge in [-0.25, -0.2) is 9.78 Å². The summed E-state index contributed by atoms with van der Waals surface area (Å²) in [5.41, 5.74) is -1.45. The van der Waals surface area contributed by atoms with Crippen LogP contribution in [0.3, 0.4) is 0 Å². The molecule has 0 saturated heterocycles. The first-order valence-electron chi connectivity index (χ1n) is 6.09. The molecular weight excluding hydrogens is 234 g/mol. The number of hydrogen-bond donors (Lipinski definition) is 3. The van der Waals surface area contributed by atoms with Crippen LogP contribution < -0.4 is 10.9 Å². The van der Waals surface area contributed by atoms with Crippen LogP contribution in [0.2, 0.25) is 0 Å². The maximum absolute atomic E-state index is 11.5. The molecule has 0 amide bonds. The van der Waals surface area contributed by atoms with Crippen LogP contribution in [0, 0.1) is 5.92 Å². The molecule has 0 spiro atoms. The molecule has 0 radical (unpaired) electrons. The smallest absolute Gasteiger partial charge is 0.329 e. The van der Waals surface area contributed by atoms with E-state index in [1.165, 1.54) is 12.4 Å². The molecule has 0 bridgehead atoms. The van der Waals surface area contributed by atoms with Crippen LogP contribution in [-0.2, 0) is 4.79 Å². The molecule has 1 aromatic heterocycles. The molecule has 2 rings (SSSR count). The summed E-state index contributed by atoms with van der Waals surface area (Å²) < 4.78 is 0. The maximum atomic E-state index is 11.5. The lowest BCUT2D eigenvalue weighted by Crippen LogP contribution is -2.50. The van der Waals surface area contributed by atoms with Gasteiger partial charge in [0, 0.05) is 12.4 Å². The second-order valence-corrected chi connectivity index (χ2v) is 4.96. The van der Waals surface area contributed by atoms with Crippen molar-refractivity contribution < 1.29 is 9.90 Å². The van der Waals surface area contributed by atoms with Crippen LogP contribution in [0.25, 0.3) is 0 Å². The third-order valence-corrected chi connectivity index (χ3v) is 3.60. The van der Waals surface area contributed by atoms with Crippen molar-refractivity contribution in [2.45, 2.75) is 38.1 Å². The third kappa shape index (κ3) is 2.37. The molecular formula is C12H17N3O3. The van der Waals surface area contributed by atoms with Gasteiger partial charge in [-0.1, -0.05) is 6.92 Å². The molecule has 1 saturated carbocycles. The predicted octanol–water partition coefficient (Wildman–Crippen LogP) is 1.22. The van der Waals surface area contributed by atoms with Gasteiger partial charge in [0.15, 0.2) is 5.82 Å². The maximum Gasteiger partial charge on any atom is 0.329 e. The van der Waals surface area contributed by atoms with Crippen molar-refractivity contribution in [3.63, 3.8) is 0 Å². The minimum Gasteiger partial charge on any atom is -0.480 e. The summed E-state index contributed by atoms with van der Waals surface area (Å²) in [6.45, 7) is 2.11. The normalized spacial score (nSPS) is 27.7. The van der Waals surface area contributed by atoms with Crippen LogP contribution in [0.4, 0.5) is 5.82 Å². The lowest BCUT2D eigenvalue weighted by molar-refractivity contribution is -0.143. The molecule has 0 aromatic carbocycles. The van der Waals surface area contributed by atoms with E-state index in [2.05, 4.69) is 22.2 Å². The van der Waals surface area contributed by atoms with Crippen LogP contribution in [0.15, 0.2) is 17.2 Å². The van der Waals surface area contributed by atoms with Crippen molar-refractivity contribution in [3.05, 3.63) is 22.7 Å². The molecule has 1 fully saturated rings. The Morgan fingerprint density at radius 3 is 2.78 bits per heavy atom. The van der Waals surface area contributed by atoms with Gasteiger partial charge in [0.2, 0.25) is 0 Å². The fourth-order valence-corrected chi connectivity index (χ4v) is 2.31. The highest BCUT2D eigenvalue weighted by atomic mass is 16.4. The Morgan fingerprint density at radius 2 is 2.22 bits per heavy atom. The number of rotatable bonds is 3. The topological polar surface area (TPSA) is 95.1 Å². The number of carboxylic acid groups (broad SMARTS) is 1. The summed E-state index contributed by atoms with van der Waals surface area (Å²) in [6, 6.07) is 0. The number of hydrogen-bond acceptors (Lipinski definition) is 4. The van der Waals surface area contributed by atoms with Crippen LogP contribution >= 0.6 is 0 Å². The highest BCUT2D eigenvalue weighted by Gasteiger charge is 2.41. The van der Waals surface area contributed by atoms with Gasteiger partial charge in [0.05, 0.1) is 0 Å². The van der Waals surface area contributed by atoms with Crippen molar-refractivity contribution in [1.29, 1.82) is 0 Å². The third-order valence-electron chi connectivity index (χ3n) is 3.60. The van der Waals surface area contributed by atoms with Gasteiger partial charge in [-0.15, -0.1) is 0 Å². The van der Waals surface area contributed by atoms with Gasteiger partial charge < -0.3 is 15.4 Å². The molecule has 0 unspecified atom stereocenters. The predicted molar refractivity (Wildman–Crippen MR) is 66.5 cm³/mol. The molecule has 1 aliphatic rings. The lowest BCUT2D eigenvalue weighted by atomic mass is 9.77. The number of H-pyrrole nitrogens is 1. The number of aromatic amines is 1. The number of aliphatic carboxylic acids is 1. The van der Waals surface area contributed by atoms with Crippen LogP contribution in [-0.4, -0.2) is 26.6 Å². The standard InChI is InChI=1S/C12H17N3O3/c1-8-2-4-12(5-3-8,11(17)18)15-9-10(16)14-7-6-13-9/h6-8H,2-5H2,1H3,(H,13,15)(H,14,16)(H,17,18). The van der Waals surface area contributed by atoms with E-state index >= 15 is 0 Å². The SMILES string of the molecule is CC1CCC(Nc2ncc[nH]c2=O)(C(=O)O)CC1. The molecule has 0 atom stereocenters. The number of anilines is 1. The average molecular weight is 251 g/mol. The Morgan fingerprint density at radius 1 is 1.56 bits per heavy atom. The fraction of sp³-hybridized carbons (Fsp3) is 0.583. The Kier molecular flexibility index (Phi) is 3.36.